The Morgan fingerprint density at radius 2 is 1.02 bits per heavy atom. The molecule has 29 heteroatoms. The quantitative estimate of drug-likeness (QED) is 0.0484. The topological polar surface area (TPSA) is 452 Å². The van der Waals surface area contributed by atoms with Crippen LogP contribution in [-0.2, 0) is 43.1 Å². The molecule has 0 radical (unpaired) electrons. The van der Waals surface area contributed by atoms with E-state index in [0.29, 0.717) is 0 Å². The maximum Gasteiger partial charge on any atom is 0.333 e. The highest BCUT2D eigenvalue weighted by molar-refractivity contribution is 6.39. The van der Waals surface area contributed by atoms with Crippen LogP contribution in [-0.4, -0.2) is 118 Å². The standard InChI is InChI=1S/C66H60N8O21/c1-26(2)17-39(74-91)59(83)67-50-31-10-16-41(77)45(20-31)95-44-21-32(19-42(78)27(44)3)51-62(86)69-52-33-22-46(93-35-11-5-28(6-12-35)56(80)54(64(88)70-51)72-61(50)85)58(82)47(23-33)94-36-13-7-29(8-14-36)57(81)55-65(89)71-53(66(90)92-4)38-24-34(75)25-43(79)48(38)37-18-30(9-15-40(37)76)49(60(84)73-55)68-63(52)87/h5-16,18-26,49-57,75-82,91H,17H2,1-4H3,(H,67,83)(H,68,87)(H,69,86)(H,70,88)(H,71,89)(H,72,85)(H,73,84)/b74-39-/t49-,50-,51+,52-,53+,54-,55+,56-,57-/m1/s1. The number of rotatable bonds is 5. The van der Waals surface area contributed by atoms with Gasteiger partial charge in [0.15, 0.2) is 29.0 Å². The molecule has 0 aromatic heterocycles. The fraction of sp³-hybridized carbons (Fsp3) is 0.227. The normalized spacial score (nSPS) is 21.9. The lowest BCUT2D eigenvalue weighted by molar-refractivity contribution is -0.146. The number of phenolic OH excluding ortho intramolecular Hbond substituents is 6. The van der Waals surface area contributed by atoms with Crippen LogP contribution in [0.4, 0.5) is 0 Å². The third-order valence-corrected chi connectivity index (χ3v) is 16.3. The number of carbonyl (C=O) groups is 8. The van der Waals surface area contributed by atoms with Gasteiger partial charge >= 0.3 is 5.97 Å². The molecule has 7 amide bonds. The van der Waals surface area contributed by atoms with E-state index in [2.05, 4.69) is 42.4 Å². The summed E-state index contributed by atoms with van der Waals surface area (Å²) in [6.45, 7) is 4.83. The van der Waals surface area contributed by atoms with E-state index in [1.54, 1.807) is 13.8 Å². The highest BCUT2D eigenvalue weighted by Crippen LogP contribution is 2.47. The number of benzene rings is 7. The molecule has 17 bridgehead atoms. The average Bonchev–Trinajstić information content (AvgIpc) is 0.764. The number of fused-ring (bicyclic) bond motifs is 14. The molecule has 0 saturated heterocycles. The van der Waals surface area contributed by atoms with Crippen LogP contribution in [0.2, 0.25) is 0 Å². The lowest BCUT2D eigenvalue weighted by Gasteiger charge is -2.31. The van der Waals surface area contributed by atoms with Gasteiger partial charge in [-0.15, -0.1) is 0 Å². The minimum Gasteiger partial charge on any atom is -0.508 e. The molecular formula is C66H60N8O21. The smallest absolute Gasteiger partial charge is 0.333 e. The van der Waals surface area contributed by atoms with E-state index in [-0.39, 0.29) is 79.7 Å². The van der Waals surface area contributed by atoms with E-state index in [4.69, 9.17) is 18.9 Å². The molecule has 0 saturated carbocycles. The molecule has 0 spiro atoms. The molecule has 7 aromatic carbocycles. The molecular weight excluding hydrogens is 1240 g/mol. The number of hydrogen-bond acceptors (Lipinski definition) is 22. The van der Waals surface area contributed by atoms with Crippen LogP contribution in [0.25, 0.3) is 11.1 Å². The summed E-state index contributed by atoms with van der Waals surface area (Å²) in [6, 6.07) is 8.71. The van der Waals surface area contributed by atoms with Gasteiger partial charge in [0.1, 0.15) is 94.4 Å². The van der Waals surface area contributed by atoms with Gasteiger partial charge in [0, 0.05) is 34.7 Å². The van der Waals surface area contributed by atoms with Crippen molar-refractivity contribution in [2.45, 2.75) is 81.7 Å². The Bertz CT molecular complexity index is 4350. The van der Waals surface area contributed by atoms with Crippen molar-refractivity contribution in [1.29, 1.82) is 0 Å². The van der Waals surface area contributed by atoms with E-state index in [1.165, 1.54) is 67.6 Å². The number of hydrogen-bond donors (Lipinski definition) is 16. The Morgan fingerprint density at radius 3 is 1.60 bits per heavy atom. The molecule has 16 N–H and O–H groups in total. The largest absolute Gasteiger partial charge is 0.508 e. The summed E-state index contributed by atoms with van der Waals surface area (Å²) in [6.07, 6.45) is -4.18. The predicted octanol–water partition coefficient (Wildman–Crippen LogP) is 4.60. The minimum atomic E-state index is -2.20. The number of methoxy groups -OCH3 is 1. The Labute approximate surface area is 537 Å². The van der Waals surface area contributed by atoms with Crippen molar-refractivity contribution in [2.24, 2.45) is 11.1 Å². The molecule has 0 aliphatic carbocycles. The maximum atomic E-state index is 15.9. The lowest BCUT2D eigenvalue weighted by Crippen LogP contribution is -2.56. The minimum absolute atomic E-state index is 0.0295. The van der Waals surface area contributed by atoms with Crippen LogP contribution >= 0.6 is 0 Å². The zero-order chi connectivity index (χ0) is 68.0. The first kappa shape index (κ1) is 64.4. The molecule has 13 rings (SSSR count). The number of aromatic hydroxyl groups is 6. The number of amides is 7. The number of nitrogens with zero attached hydrogens (tertiary/aromatic N) is 1. The Morgan fingerprint density at radius 1 is 0.526 bits per heavy atom. The third-order valence-electron chi connectivity index (χ3n) is 16.3. The predicted molar refractivity (Wildman–Crippen MR) is 328 cm³/mol. The first-order valence-electron chi connectivity index (χ1n) is 29.2. The van der Waals surface area contributed by atoms with Crippen molar-refractivity contribution >= 4 is 53.0 Å². The van der Waals surface area contributed by atoms with E-state index in [0.717, 1.165) is 67.8 Å². The van der Waals surface area contributed by atoms with Crippen LogP contribution in [0.1, 0.15) is 107 Å². The van der Waals surface area contributed by atoms with Gasteiger partial charge in [-0.1, -0.05) is 55.4 Å². The van der Waals surface area contributed by atoms with E-state index >= 15 is 19.2 Å². The summed E-state index contributed by atoms with van der Waals surface area (Å²) in [5, 5.41) is 124. The monoisotopic (exact) mass is 1300 g/mol. The van der Waals surface area contributed by atoms with Gasteiger partial charge in [-0.25, -0.2) is 4.79 Å². The van der Waals surface area contributed by atoms with Crippen LogP contribution < -0.4 is 51.4 Å². The summed E-state index contributed by atoms with van der Waals surface area (Å²) in [7, 11) is 0.965. The van der Waals surface area contributed by atoms with Gasteiger partial charge in [0.05, 0.1) is 7.11 Å². The fourth-order valence-corrected chi connectivity index (χ4v) is 11.3. The molecule has 7 aromatic rings. The van der Waals surface area contributed by atoms with Gasteiger partial charge in [-0.2, -0.15) is 0 Å². The third kappa shape index (κ3) is 12.8. The number of esters is 1. The molecule has 6 aliphatic heterocycles. The molecule has 95 heavy (non-hydrogen) atoms. The van der Waals surface area contributed by atoms with Crippen molar-refractivity contribution in [2.75, 3.05) is 7.11 Å². The molecule has 9 atom stereocenters. The van der Waals surface area contributed by atoms with Gasteiger partial charge in [-0.3, -0.25) is 33.6 Å². The number of nitrogens with one attached hydrogen (secondary N) is 7. The SMILES string of the molecule is COC(=O)[C@H]1NC(=O)[C@H]2NC(=O)[C@H](NC(=O)[C@@H]3NC(=O)[C@H]4NC(=O)[C@H](NC(=O)[C@H](NC(=O)/C(CC(C)C)=N\O)c5ccc(O)c(c5)Oc5cc4cc(O)c5C)[C@H](O)c4ccc(cc4)Oc4cc3cc(c4O)Oc3ccc(cc3)[C@H]2O)c2ccc(O)c(c2)-c2c(O)cc(O)cc21. The number of aliphatic hydroxyl groups excluding tert-OH is 2. The average molecular weight is 1300 g/mol. The highest BCUT2D eigenvalue weighted by Gasteiger charge is 2.43. The van der Waals surface area contributed by atoms with Gasteiger partial charge in [0.25, 0.3) is 5.91 Å². The Kier molecular flexibility index (Phi) is 17.5. The second kappa shape index (κ2) is 25.9. The molecule has 29 nitrogen and oxygen atoms in total. The molecule has 0 unspecified atom stereocenters. The first-order chi connectivity index (χ1) is 45.3. The van der Waals surface area contributed by atoms with Crippen LogP contribution in [0.3, 0.4) is 0 Å². The van der Waals surface area contributed by atoms with E-state index in [9.17, 15) is 65.2 Å². The number of oxime groups is 1. The van der Waals surface area contributed by atoms with Crippen molar-refractivity contribution in [1.82, 2.24) is 37.2 Å². The van der Waals surface area contributed by atoms with E-state index < -0.39 is 165 Å². The number of ether oxygens (including phenoxy) is 4. The fourth-order valence-electron chi connectivity index (χ4n) is 11.3. The number of carbonyl (C=O) groups excluding carboxylic acids is 8. The van der Waals surface area contributed by atoms with Crippen molar-refractivity contribution in [3.05, 3.63) is 166 Å². The summed E-state index contributed by atoms with van der Waals surface area (Å²) in [5.41, 5.74) is -2.74. The summed E-state index contributed by atoms with van der Waals surface area (Å²) >= 11 is 0. The van der Waals surface area contributed by atoms with Crippen molar-refractivity contribution in [3.63, 3.8) is 0 Å². The van der Waals surface area contributed by atoms with Gasteiger partial charge < -0.3 is 102 Å². The summed E-state index contributed by atoms with van der Waals surface area (Å²) < 4.78 is 23.7. The van der Waals surface area contributed by atoms with E-state index in [1.807, 2.05) is 0 Å². The molecule has 6 aliphatic rings. The zero-order valence-corrected chi connectivity index (χ0v) is 50.4. The van der Waals surface area contributed by atoms with Crippen LogP contribution in [0.15, 0.2) is 126 Å². The molecule has 6 heterocycles. The van der Waals surface area contributed by atoms with Crippen molar-refractivity contribution in [3.8, 4) is 80.1 Å². The Balaban J connectivity index is 1.12. The van der Waals surface area contributed by atoms with Gasteiger partial charge in [0.2, 0.25) is 41.2 Å². The molecule has 490 valence electrons. The number of aliphatic hydroxyl groups is 2. The first-order valence-corrected chi connectivity index (χ1v) is 29.2. The Hall–Kier alpha value is -12.1. The summed E-state index contributed by atoms with van der Waals surface area (Å²) in [4.78, 5) is 120. The van der Waals surface area contributed by atoms with Crippen molar-refractivity contribution < 1.29 is 103 Å². The second-order valence-electron chi connectivity index (χ2n) is 23.1. The van der Waals surface area contributed by atoms with Gasteiger partial charge in [-0.05, 0) is 125 Å². The molecule has 0 fully saturated rings. The maximum absolute atomic E-state index is 15.9. The summed E-state index contributed by atoms with van der Waals surface area (Å²) in [5.74, 6) is -16.0. The number of phenols is 6. The lowest BCUT2D eigenvalue weighted by atomic mass is 9.89. The second-order valence-corrected chi connectivity index (χ2v) is 23.1. The highest BCUT2D eigenvalue weighted by atomic mass is 16.5. The van der Waals surface area contributed by atoms with Crippen LogP contribution in [0, 0.1) is 12.8 Å². The zero-order valence-electron chi connectivity index (χ0n) is 50.4. The van der Waals surface area contributed by atoms with Crippen LogP contribution in [0.5, 0.6) is 69.0 Å².